The molecular formula is C24H27N3O6. The minimum absolute atomic E-state index is 0.103. The van der Waals surface area contributed by atoms with E-state index in [-0.39, 0.29) is 23.6 Å². The van der Waals surface area contributed by atoms with Crippen molar-refractivity contribution in [3.05, 3.63) is 75.3 Å². The van der Waals surface area contributed by atoms with Crippen LogP contribution in [-0.4, -0.2) is 64.8 Å². The lowest BCUT2D eigenvalue weighted by Crippen LogP contribution is -2.38. The number of nitro groups is 1. The number of ether oxygens (including phenoxy) is 1. The van der Waals surface area contributed by atoms with E-state index < -0.39 is 22.7 Å². The summed E-state index contributed by atoms with van der Waals surface area (Å²) in [5, 5.41) is 22.5. The first-order chi connectivity index (χ1) is 15.8. The van der Waals surface area contributed by atoms with E-state index in [9.17, 15) is 24.8 Å². The van der Waals surface area contributed by atoms with E-state index in [4.69, 9.17) is 4.74 Å². The van der Waals surface area contributed by atoms with E-state index in [0.29, 0.717) is 23.4 Å². The first-order valence-electron chi connectivity index (χ1n) is 10.7. The van der Waals surface area contributed by atoms with Gasteiger partial charge in [0, 0.05) is 30.8 Å². The Labute approximate surface area is 192 Å². The van der Waals surface area contributed by atoms with Crippen LogP contribution in [0.2, 0.25) is 0 Å². The van der Waals surface area contributed by atoms with Gasteiger partial charge in [0.15, 0.2) is 0 Å². The third-order valence-corrected chi connectivity index (χ3v) is 5.83. The molecule has 1 aliphatic heterocycles. The van der Waals surface area contributed by atoms with Crippen molar-refractivity contribution in [2.75, 3.05) is 33.3 Å². The second-order valence-corrected chi connectivity index (χ2v) is 7.60. The molecule has 0 spiro atoms. The first kappa shape index (κ1) is 23.9. The first-order valence-corrected chi connectivity index (χ1v) is 10.7. The Balaban J connectivity index is 2.15. The number of rotatable bonds is 9. The van der Waals surface area contributed by atoms with Gasteiger partial charge in [0.1, 0.15) is 11.5 Å². The van der Waals surface area contributed by atoms with E-state index in [0.717, 1.165) is 13.1 Å². The molecule has 2 aromatic rings. The lowest BCUT2D eigenvalue weighted by Gasteiger charge is -2.28. The van der Waals surface area contributed by atoms with Gasteiger partial charge in [-0.25, -0.2) is 0 Å². The number of carbonyl (C=O) groups excluding carboxylic acids is 2. The summed E-state index contributed by atoms with van der Waals surface area (Å²) in [6.45, 7) is 6.29. The van der Waals surface area contributed by atoms with Crippen molar-refractivity contribution >= 4 is 23.1 Å². The fourth-order valence-corrected chi connectivity index (χ4v) is 3.98. The SMILES string of the molecule is CCN(CC)CCN1C(=O)C(=O)C(=C(O)c2cccc(OC)c2)C1c1cccc([N+](=O)[O-])c1. The van der Waals surface area contributed by atoms with Gasteiger partial charge in [0.2, 0.25) is 0 Å². The maximum Gasteiger partial charge on any atom is 0.295 e. The summed E-state index contributed by atoms with van der Waals surface area (Å²) >= 11 is 0. The molecule has 1 atom stereocenters. The highest BCUT2D eigenvalue weighted by Crippen LogP contribution is 2.40. The summed E-state index contributed by atoms with van der Waals surface area (Å²) in [5.41, 5.74) is 0.426. The number of Topliss-reactive ketones (excluding diaryl/α,β-unsaturated/α-hetero) is 1. The minimum Gasteiger partial charge on any atom is -0.507 e. The molecule has 0 saturated carbocycles. The van der Waals surface area contributed by atoms with Crippen molar-refractivity contribution < 1.29 is 24.4 Å². The van der Waals surface area contributed by atoms with Gasteiger partial charge in [-0.3, -0.25) is 19.7 Å². The number of likely N-dealkylation sites (N-methyl/N-ethyl adjacent to an activating group) is 1. The third-order valence-electron chi connectivity index (χ3n) is 5.83. The zero-order chi connectivity index (χ0) is 24.1. The molecule has 1 heterocycles. The van der Waals surface area contributed by atoms with Gasteiger partial charge in [-0.1, -0.05) is 38.1 Å². The number of carbonyl (C=O) groups is 2. The molecule has 1 fully saturated rings. The molecule has 0 aliphatic carbocycles. The van der Waals surface area contributed by atoms with Crippen LogP contribution in [0.4, 0.5) is 5.69 Å². The van der Waals surface area contributed by atoms with Gasteiger partial charge in [-0.05, 0) is 30.8 Å². The van der Waals surface area contributed by atoms with Crippen LogP contribution in [0.15, 0.2) is 54.1 Å². The van der Waals surface area contributed by atoms with Gasteiger partial charge in [0.25, 0.3) is 17.4 Å². The normalized spacial score (nSPS) is 17.6. The van der Waals surface area contributed by atoms with Gasteiger partial charge >= 0.3 is 0 Å². The molecule has 1 N–H and O–H groups in total. The van der Waals surface area contributed by atoms with Gasteiger partial charge in [0.05, 0.1) is 23.6 Å². The quantitative estimate of drug-likeness (QED) is 0.204. The molecule has 9 heteroatoms. The largest absolute Gasteiger partial charge is 0.507 e. The number of aliphatic hydroxyl groups is 1. The van der Waals surface area contributed by atoms with Crippen LogP contribution in [0, 0.1) is 10.1 Å². The van der Waals surface area contributed by atoms with Crippen LogP contribution in [0.5, 0.6) is 5.75 Å². The number of nitrogens with zero attached hydrogens (tertiary/aromatic N) is 3. The molecule has 0 aromatic heterocycles. The zero-order valence-electron chi connectivity index (χ0n) is 18.9. The van der Waals surface area contributed by atoms with Gasteiger partial charge in [-0.15, -0.1) is 0 Å². The van der Waals surface area contributed by atoms with E-state index in [1.807, 2.05) is 13.8 Å². The van der Waals surface area contributed by atoms with Crippen molar-refractivity contribution in [2.24, 2.45) is 0 Å². The fraction of sp³-hybridized carbons (Fsp3) is 0.333. The standard InChI is InChI=1S/C24H27N3O6/c1-4-25(5-2)12-13-26-21(16-8-6-10-18(14-16)27(31)32)20(23(29)24(26)30)22(28)17-9-7-11-19(15-17)33-3/h6-11,14-15,21,28H,4-5,12-13H2,1-3H3. The van der Waals surface area contributed by atoms with Crippen LogP contribution in [0.1, 0.15) is 31.0 Å². The molecule has 0 bridgehead atoms. The van der Waals surface area contributed by atoms with Gasteiger partial charge in [-0.2, -0.15) is 0 Å². The number of likely N-dealkylation sites (tertiary alicyclic amines) is 1. The second-order valence-electron chi connectivity index (χ2n) is 7.60. The number of hydrogen-bond acceptors (Lipinski definition) is 7. The van der Waals surface area contributed by atoms with Gasteiger partial charge < -0.3 is 19.6 Å². The predicted molar refractivity (Wildman–Crippen MR) is 123 cm³/mol. The predicted octanol–water partition coefficient (Wildman–Crippen LogP) is 3.37. The summed E-state index contributed by atoms with van der Waals surface area (Å²) in [6.07, 6.45) is 0. The number of ketones is 1. The lowest BCUT2D eigenvalue weighted by molar-refractivity contribution is -0.384. The molecule has 9 nitrogen and oxygen atoms in total. The van der Waals surface area contributed by atoms with Crippen LogP contribution in [-0.2, 0) is 9.59 Å². The molecule has 33 heavy (non-hydrogen) atoms. The number of non-ortho nitro benzene ring substituents is 1. The maximum absolute atomic E-state index is 13.1. The van der Waals surface area contributed by atoms with E-state index in [1.165, 1.54) is 30.2 Å². The molecule has 2 aromatic carbocycles. The molecular weight excluding hydrogens is 426 g/mol. The maximum atomic E-state index is 13.1. The summed E-state index contributed by atoms with van der Waals surface area (Å²) in [7, 11) is 1.48. The monoisotopic (exact) mass is 453 g/mol. The van der Waals surface area contributed by atoms with Crippen LogP contribution < -0.4 is 4.74 Å². The lowest BCUT2D eigenvalue weighted by atomic mass is 9.95. The number of aliphatic hydroxyl groups excluding tert-OH is 1. The average Bonchev–Trinajstić information content (AvgIpc) is 3.09. The Bertz CT molecular complexity index is 1090. The summed E-state index contributed by atoms with van der Waals surface area (Å²) in [6, 6.07) is 11.4. The van der Waals surface area contributed by atoms with Crippen molar-refractivity contribution in [3.63, 3.8) is 0 Å². The number of benzene rings is 2. The van der Waals surface area contributed by atoms with E-state index >= 15 is 0 Å². The van der Waals surface area contributed by atoms with Crippen molar-refractivity contribution in [1.82, 2.24) is 9.80 Å². The smallest absolute Gasteiger partial charge is 0.295 e. The Hall–Kier alpha value is -3.72. The van der Waals surface area contributed by atoms with Crippen molar-refractivity contribution in [2.45, 2.75) is 19.9 Å². The number of amides is 1. The van der Waals surface area contributed by atoms with E-state index in [1.54, 1.807) is 30.3 Å². The van der Waals surface area contributed by atoms with Crippen molar-refractivity contribution in [3.8, 4) is 5.75 Å². The minimum atomic E-state index is -0.952. The third kappa shape index (κ3) is 4.88. The molecule has 0 radical (unpaired) electrons. The number of hydrogen-bond donors (Lipinski definition) is 1. The topological polar surface area (TPSA) is 113 Å². The summed E-state index contributed by atoms with van der Waals surface area (Å²) in [4.78, 5) is 40.4. The number of nitro benzene ring substituents is 1. The Morgan fingerprint density at radius 3 is 2.48 bits per heavy atom. The molecule has 1 aliphatic rings. The Kier molecular flexibility index (Phi) is 7.44. The average molecular weight is 453 g/mol. The highest BCUT2D eigenvalue weighted by molar-refractivity contribution is 6.46. The second kappa shape index (κ2) is 10.3. The molecule has 1 unspecified atom stereocenters. The molecule has 1 saturated heterocycles. The Morgan fingerprint density at radius 2 is 1.85 bits per heavy atom. The van der Waals surface area contributed by atoms with Crippen LogP contribution >= 0.6 is 0 Å². The Morgan fingerprint density at radius 1 is 1.15 bits per heavy atom. The van der Waals surface area contributed by atoms with E-state index in [2.05, 4.69) is 4.90 Å². The number of methoxy groups -OCH3 is 1. The summed E-state index contributed by atoms with van der Waals surface area (Å²) < 4.78 is 5.20. The molecule has 3 rings (SSSR count). The van der Waals surface area contributed by atoms with Crippen LogP contribution in [0.25, 0.3) is 5.76 Å². The van der Waals surface area contributed by atoms with Crippen LogP contribution in [0.3, 0.4) is 0 Å². The highest BCUT2D eigenvalue weighted by Gasteiger charge is 2.46. The van der Waals surface area contributed by atoms with Crippen molar-refractivity contribution in [1.29, 1.82) is 0 Å². The highest BCUT2D eigenvalue weighted by atomic mass is 16.6. The molecule has 1 amide bonds. The fourth-order valence-electron chi connectivity index (χ4n) is 3.98. The molecule has 174 valence electrons. The summed E-state index contributed by atoms with van der Waals surface area (Å²) in [5.74, 6) is -1.45. The zero-order valence-corrected chi connectivity index (χ0v) is 18.9.